The Morgan fingerprint density at radius 2 is 1.89 bits per heavy atom. The minimum atomic E-state index is -0.739. The van der Waals surface area contributed by atoms with Crippen molar-refractivity contribution in [1.82, 2.24) is 10.2 Å². The summed E-state index contributed by atoms with van der Waals surface area (Å²) in [7, 11) is 0. The summed E-state index contributed by atoms with van der Waals surface area (Å²) in [5.74, 6) is 0.0522. The highest BCUT2D eigenvalue weighted by Crippen LogP contribution is 2.37. The van der Waals surface area contributed by atoms with Gasteiger partial charge in [-0.15, -0.1) is 0 Å². The number of hydrogen-bond donors (Lipinski definition) is 1. The molecular formula is C29H31FN2O3. The third-order valence-electron chi connectivity index (χ3n) is 6.40. The maximum absolute atomic E-state index is 13.4. The first-order chi connectivity index (χ1) is 16.9. The van der Waals surface area contributed by atoms with E-state index in [1.807, 2.05) is 36.9 Å². The quantitative estimate of drug-likeness (QED) is 0.518. The monoisotopic (exact) mass is 474 g/mol. The average Bonchev–Trinajstić information content (AvgIpc) is 2.86. The number of ether oxygens (including phenoxy) is 1. The fraction of sp³-hybridized carbons (Fsp3) is 0.310. The van der Waals surface area contributed by atoms with Crippen molar-refractivity contribution < 1.29 is 18.7 Å². The zero-order valence-electron chi connectivity index (χ0n) is 20.4. The number of benzene rings is 3. The van der Waals surface area contributed by atoms with Gasteiger partial charge in [0.1, 0.15) is 11.6 Å². The Morgan fingerprint density at radius 1 is 1.11 bits per heavy atom. The topological polar surface area (TPSA) is 58.6 Å². The van der Waals surface area contributed by atoms with E-state index in [9.17, 15) is 14.0 Å². The van der Waals surface area contributed by atoms with Gasteiger partial charge in [0, 0.05) is 19.5 Å². The highest BCUT2D eigenvalue weighted by molar-refractivity contribution is 5.80. The van der Waals surface area contributed by atoms with Gasteiger partial charge in [-0.2, -0.15) is 0 Å². The summed E-state index contributed by atoms with van der Waals surface area (Å²) < 4.78 is 19.4. The first kappa shape index (κ1) is 24.5. The Hall–Kier alpha value is -3.67. The number of carbonyl (C=O) groups is 2. The highest BCUT2D eigenvalue weighted by atomic mass is 19.1. The zero-order valence-corrected chi connectivity index (χ0v) is 20.4. The molecule has 6 heteroatoms. The van der Waals surface area contributed by atoms with E-state index in [1.165, 1.54) is 17.7 Å². The number of hydrogen-bond acceptors (Lipinski definition) is 3. The number of amides is 2. The Kier molecular flexibility index (Phi) is 7.49. The van der Waals surface area contributed by atoms with E-state index in [0.717, 1.165) is 23.1 Å². The molecule has 0 aromatic heterocycles. The van der Waals surface area contributed by atoms with Gasteiger partial charge in [0.05, 0.1) is 6.04 Å². The number of nitrogens with zero attached hydrogens (tertiary/aromatic N) is 1. The van der Waals surface area contributed by atoms with Gasteiger partial charge in [0.15, 0.2) is 6.10 Å². The summed E-state index contributed by atoms with van der Waals surface area (Å²) in [6, 6.07) is 20.0. The second-order valence-corrected chi connectivity index (χ2v) is 8.97. The second kappa shape index (κ2) is 10.7. The molecule has 1 aliphatic heterocycles. The lowest BCUT2D eigenvalue weighted by Gasteiger charge is -2.38. The van der Waals surface area contributed by atoms with Crippen molar-refractivity contribution in [2.75, 3.05) is 6.54 Å². The number of aryl methyl sites for hydroxylation is 1. The van der Waals surface area contributed by atoms with Crippen LogP contribution in [0.4, 0.5) is 4.39 Å². The lowest BCUT2D eigenvalue weighted by atomic mass is 9.87. The van der Waals surface area contributed by atoms with Gasteiger partial charge in [0.25, 0.3) is 5.91 Å². The Bertz CT molecular complexity index is 1210. The van der Waals surface area contributed by atoms with Crippen LogP contribution in [-0.4, -0.2) is 29.4 Å². The highest BCUT2D eigenvalue weighted by Gasteiger charge is 2.32. The molecule has 1 N–H and O–H groups in total. The number of nitrogens with one attached hydrogen (secondary N) is 1. The minimum absolute atomic E-state index is 0.109. The largest absolute Gasteiger partial charge is 0.481 e. The van der Waals surface area contributed by atoms with Gasteiger partial charge in [-0.25, -0.2) is 4.39 Å². The molecule has 0 spiro atoms. The summed E-state index contributed by atoms with van der Waals surface area (Å²) >= 11 is 0. The van der Waals surface area contributed by atoms with E-state index < -0.39 is 6.10 Å². The standard InChI is InChI=1S/C29H31FN2O3/c1-4-27(33)32-15-14-22-12-13-25(17-26(22)28(32)23-10-8-19(2)9-11-23)35-20(3)29(34)31-18-21-6-5-7-24(30)16-21/h5-13,16-17,20,28H,4,14-15,18H2,1-3H3,(H,31,34)/t20-,28+/m1/s1. The molecule has 0 bridgehead atoms. The number of rotatable bonds is 7. The molecule has 4 rings (SSSR count). The van der Waals surface area contributed by atoms with Crippen molar-refractivity contribution in [3.8, 4) is 5.75 Å². The third-order valence-corrected chi connectivity index (χ3v) is 6.40. The number of halogens is 1. The van der Waals surface area contributed by atoms with Crippen LogP contribution in [0.5, 0.6) is 5.75 Å². The maximum atomic E-state index is 13.4. The predicted molar refractivity (Wildman–Crippen MR) is 134 cm³/mol. The normalized spacial score (nSPS) is 15.8. The number of carbonyl (C=O) groups excluding carboxylic acids is 2. The fourth-order valence-corrected chi connectivity index (χ4v) is 4.48. The molecule has 5 nitrogen and oxygen atoms in total. The molecule has 2 atom stereocenters. The lowest BCUT2D eigenvalue weighted by molar-refractivity contribution is -0.133. The van der Waals surface area contributed by atoms with Crippen molar-refractivity contribution in [2.24, 2.45) is 0 Å². The second-order valence-electron chi connectivity index (χ2n) is 8.97. The summed E-state index contributed by atoms with van der Waals surface area (Å²) in [4.78, 5) is 27.4. The minimum Gasteiger partial charge on any atom is -0.481 e. The van der Waals surface area contributed by atoms with Crippen molar-refractivity contribution in [3.63, 3.8) is 0 Å². The molecule has 35 heavy (non-hydrogen) atoms. The smallest absolute Gasteiger partial charge is 0.261 e. The molecule has 0 fully saturated rings. The van der Waals surface area contributed by atoms with Crippen LogP contribution in [0.15, 0.2) is 66.7 Å². The molecule has 2 amide bonds. The molecule has 1 heterocycles. The molecule has 3 aromatic carbocycles. The van der Waals surface area contributed by atoms with Gasteiger partial charge >= 0.3 is 0 Å². The Balaban J connectivity index is 1.54. The van der Waals surface area contributed by atoms with Crippen LogP contribution in [0.25, 0.3) is 0 Å². The zero-order chi connectivity index (χ0) is 24.9. The molecular weight excluding hydrogens is 443 g/mol. The van der Waals surface area contributed by atoms with Crippen molar-refractivity contribution in [3.05, 3.63) is 100 Å². The molecule has 1 aliphatic rings. The van der Waals surface area contributed by atoms with E-state index in [2.05, 4.69) is 29.6 Å². The van der Waals surface area contributed by atoms with Crippen LogP contribution in [0.3, 0.4) is 0 Å². The molecule has 0 aliphatic carbocycles. The van der Waals surface area contributed by atoms with Crippen molar-refractivity contribution >= 4 is 11.8 Å². The molecule has 0 saturated heterocycles. The van der Waals surface area contributed by atoms with Crippen LogP contribution < -0.4 is 10.1 Å². The van der Waals surface area contributed by atoms with Gasteiger partial charge in [-0.05, 0) is 66.8 Å². The van der Waals surface area contributed by atoms with Crippen LogP contribution >= 0.6 is 0 Å². The summed E-state index contributed by atoms with van der Waals surface area (Å²) in [5.41, 5.74) is 5.09. The van der Waals surface area contributed by atoms with Crippen LogP contribution in [-0.2, 0) is 22.6 Å². The van der Waals surface area contributed by atoms with Gasteiger partial charge in [-0.1, -0.05) is 55.0 Å². The molecule has 182 valence electrons. The molecule has 0 saturated carbocycles. The maximum Gasteiger partial charge on any atom is 0.261 e. The molecule has 3 aromatic rings. The van der Waals surface area contributed by atoms with E-state index in [4.69, 9.17) is 4.74 Å². The summed E-state index contributed by atoms with van der Waals surface area (Å²) in [6.45, 7) is 6.49. The van der Waals surface area contributed by atoms with Gasteiger partial charge in [-0.3, -0.25) is 9.59 Å². The van der Waals surface area contributed by atoms with Gasteiger partial charge < -0.3 is 15.0 Å². The Labute approximate surface area is 205 Å². The van der Waals surface area contributed by atoms with E-state index in [1.54, 1.807) is 19.1 Å². The average molecular weight is 475 g/mol. The lowest BCUT2D eigenvalue weighted by Crippen LogP contribution is -2.40. The fourth-order valence-electron chi connectivity index (χ4n) is 4.48. The third kappa shape index (κ3) is 5.70. The van der Waals surface area contributed by atoms with E-state index >= 15 is 0 Å². The SMILES string of the molecule is CCC(=O)N1CCc2ccc(O[C@H](C)C(=O)NCc3cccc(F)c3)cc2[C@@H]1c1ccc(C)cc1. The van der Waals surface area contributed by atoms with E-state index in [-0.39, 0.29) is 30.2 Å². The summed E-state index contributed by atoms with van der Waals surface area (Å²) in [5, 5.41) is 2.79. The van der Waals surface area contributed by atoms with Gasteiger partial charge in [0.2, 0.25) is 5.91 Å². The van der Waals surface area contributed by atoms with Crippen molar-refractivity contribution in [2.45, 2.75) is 52.3 Å². The van der Waals surface area contributed by atoms with Crippen molar-refractivity contribution in [1.29, 1.82) is 0 Å². The predicted octanol–water partition coefficient (Wildman–Crippen LogP) is 5.10. The number of fused-ring (bicyclic) bond motifs is 1. The Morgan fingerprint density at radius 3 is 2.60 bits per heavy atom. The van der Waals surface area contributed by atoms with Crippen LogP contribution in [0.2, 0.25) is 0 Å². The van der Waals surface area contributed by atoms with E-state index in [0.29, 0.717) is 24.3 Å². The van der Waals surface area contributed by atoms with Crippen LogP contribution in [0, 0.1) is 12.7 Å². The molecule has 0 radical (unpaired) electrons. The van der Waals surface area contributed by atoms with Crippen LogP contribution in [0.1, 0.15) is 54.1 Å². The first-order valence-electron chi connectivity index (χ1n) is 12.0. The first-order valence-corrected chi connectivity index (χ1v) is 12.0. The summed E-state index contributed by atoms with van der Waals surface area (Å²) in [6.07, 6.45) is 0.473. The molecule has 0 unspecified atom stereocenters.